The smallest absolute Gasteiger partial charge is 0.330 e. The van der Waals surface area contributed by atoms with Crippen molar-refractivity contribution in [1.29, 1.82) is 0 Å². The highest BCUT2D eigenvalue weighted by Crippen LogP contribution is 2.12. The van der Waals surface area contributed by atoms with E-state index >= 15 is 0 Å². The highest BCUT2D eigenvalue weighted by Gasteiger charge is 2.01. The molecule has 0 aliphatic rings. The molecule has 2 aromatic rings. The predicted molar refractivity (Wildman–Crippen MR) is 68.5 cm³/mol. The second kappa shape index (κ2) is 4.88. The summed E-state index contributed by atoms with van der Waals surface area (Å²) in [5.41, 5.74) is 7.23. The van der Waals surface area contributed by atoms with Crippen LogP contribution < -0.4 is 16.7 Å². The Morgan fingerprint density at radius 2 is 2.12 bits per heavy atom. The monoisotopic (exact) mass is 232 g/mol. The first-order valence-electron chi connectivity index (χ1n) is 5.54. The number of nitrogens with zero attached hydrogens (tertiary/aromatic N) is 1. The van der Waals surface area contributed by atoms with Gasteiger partial charge in [-0.05, 0) is 31.2 Å². The molecule has 5 heteroatoms. The number of imidazole rings is 1. The fraction of sp³-hybridized carbons (Fsp3) is 0.250. The van der Waals surface area contributed by atoms with E-state index in [2.05, 4.69) is 10.3 Å². The summed E-state index contributed by atoms with van der Waals surface area (Å²) < 4.78 is 1.55. The quantitative estimate of drug-likeness (QED) is 0.734. The molecule has 0 spiro atoms. The first-order chi connectivity index (χ1) is 8.20. The van der Waals surface area contributed by atoms with Crippen molar-refractivity contribution in [1.82, 2.24) is 9.55 Å². The number of nitrogens with two attached hydrogens (primary N) is 1. The van der Waals surface area contributed by atoms with Crippen molar-refractivity contribution in [3.63, 3.8) is 0 Å². The van der Waals surface area contributed by atoms with Gasteiger partial charge in [0.05, 0.1) is 5.69 Å². The fourth-order valence-corrected chi connectivity index (χ4v) is 1.59. The van der Waals surface area contributed by atoms with Crippen LogP contribution in [0.5, 0.6) is 0 Å². The maximum absolute atomic E-state index is 11.4. The summed E-state index contributed by atoms with van der Waals surface area (Å²) in [4.78, 5) is 14.0. The highest BCUT2D eigenvalue weighted by atomic mass is 16.1. The molecule has 90 valence electrons. The van der Waals surface area contributed by atoms with Crippen LogP contribution in [-0.2, 0) is 0 Å². The van der Waals surface area contributed by atoms with E-state index in [4.69, 9.17) is 5.73 Å². The van der Waals surface area contributed by atoms with Crippen molar-refractivity contribution in [3.8, 4) is 5.69 Å². The van der Waals surface area contributed by atoms with Crippen LogP contribution in [0.2, 0.25) is 0 Å². The van der Waals surface area contributed by atoms with Crippen LogP contribution in [0, 0.1) is 0 Å². The molecule has 5 nitrogen and oxygen atoms in total. The van der Waals surface area contributed by atoms with Crippen LogP contribution >= 0.6 is 0 Å². The third-order valence-electron chi connectivity index (χ3n) is 2.56. The molecule has 0 saturated carbocycles. The molecular formula is C12H16N4O. The molecule has 1 atom stereocenters. The lowest BCUT2D eigenvalue weighted by atomic mass is 10.2. The Balaban J connectivity index is 2.19. The average Bonchev–Trinajstić information content (AvgIpc) is 2.76. The second-order valence-electron chi connectivity index (χ2n) is 3.96. The van der Waals surface area contributed by atoms with E-state index in [-0.39, 0.29) is 11.7 Å². The molecule has 1 aromatic heterocycles. The van der Waals surface area contributed by atoms with Gasteiger partial charge in [-0.1, -0.05) is 0 Å². The molecule has 0 radical (unpaired) electrons. The molecule has 0 aliphatic carbocycles. The van der Waals surface area contributed by atoms with Crippen LogP contribution in [0.15, 0.2) is 41.5 Å². The van der Waals surface area contributed by atoms with E-state index in [9.17, 15) is 4.79 Å². The molecule has 0 fully saturated rings. The maximum atomic E-state index is 11.4. The van der Waals surface area contributed by atoms with E-state index < -0.39 is 0 Å². The molecule has 1 aromatic carbocycles. The van der Waals surface area contributed by atoms with Crippen molar-refractivity contribution < 1.29 is 0 Å². The zero-order chi connectivity index (χ0) is 12.3. The Morgan fingerprint density at radius 1 is 1.41 bits per heavy atom. The standard InChI is InChI=1S/C12H16N4O/c1-9(8-13)15-10-2-4-11(5-3-10)16-7-6-14-12(16)17/h2-7,9,15H,8,13H2,1H3,(H,14,17). The number of benzene rings is 1. The molecule has 17 heavy (non-hydrogen) atoms. The van der Waals surface area contributed by atoms with Gasteiger partial charge >= 0.3 is 5.69 Å². The van der Waals surface area contributed by atoms with Gasteiger partial charge in [-0.2, -0.15) is 0 Å². The van der Waals surface area contributed by atoms with Gasteiger partial charge < -0.3 is 16.0 Å². The van der Waals surface area contributed by atoms with Gasteiger partial charge in [0.15, 0.2) is 0 Å². The first kappa shape index (κ1) is 11.5. The second-order valence-corrected chi connectivity index (χ2v) is 3.96. The lowest BCUT2D eigenvalue weighted by Gasteiger charge is -2.13. The highest BCUT2D eigenvalue weighted by molar-refractivity contribution is 5.49. The summed E-state index contributed by atoms with van der Waals surface area (Å²) in [6, 6.07) is 7.87. The maximum Gasteiger partial charge on any atom is 0.330 e. The van der Waals surface area contributed by atoms with Gasteiger partial charge in [-0.15, -0.1) is 0 Å². The Labute approximate surface area is 99.3 Å². The van der Waals surface area contributed by atoms with Crippen molar-refractivity contribution in [2.24, 2.45) is 5.73 Å². The Kier molecular flexibility index (Phi) is 3.30. The number of aromatic nitrogens is 2. The molecule has 0 bridgehead atoms. The number of hydrogen-bond donors (Lipinski definition) is 3. The van der Waals surface area contributed by atoms with Crippen molar-refractivity contribution in [2.45, 2.75) is 13.0 Å². The van der Waals surface area contributed by atoms with Crippen LogP contribution in [0.4, 0.5) is 5.69 Å². The fourth-order valence-electron chi connectivity index (χ4n) is 1.59. The summed E-state index contributed by atoms with van der Waals surface area (Å²) >= 11 is 0. The minimum absolute atomic E-state index is 0.138. The van der Waals surface area contributed by atoms with Gasteiger partial charge in [-0.3, -0.25) is 4.57 Å². The average molecular weight is 232 g/mol. The first-order valence-corrected chi connectivity index (χ1v) is 5.54. The predicted octanol–water partition coefficient (Wildman–Crippen LogP) is 0.925. The third-order valence-corrected chi connectivity index (χ3v) is 2.56. The SMILES string of the molecule is CC(CN)Nc1ccc(-n2cc[nH]c2=O)cc1. The van der Waals surface area contributed by atoms with E-state index in [1.165, 1.54) is 0 Å². The summed E-state index contributed by atoms with van der Waals surface area (Å²) in [7, 11) is 0. The van der Waals surface area contributed by atoms with Crippen LogP contribution in [-0.4, -0.2) is 22.1 Å². The number of H-pyrrole nitrogens is 1. The largest absolute Gasteiger partial charge is 0.381 e. The summed E-state index contributed by atoms with van der Waals surface area (Å²) in [5, 5.41) is 3.26. The molecule has 0 amide bonds. The normalized spacial score (nSPS) is 12.4. The van der Waals surface area contributed by atoms with Gasteiger partial charge in [0, 0.05) is 30.7 Å². The van der Waals surface area contributed by atoms with Gasteiger partial charge in [-0.25, -0.2) is 4.79 Å². The lowest BCUT2D eigenvalue weighted by Crippen LogP contribution is -2.25. The van der Waals surface area contributed by atoms with E-state index in [1.54, 1.807) is 17.0 Å². The Hall–Kier alpha value is -2.01. The number of rotatable bonds is 4. The minimum atomic E-state index is -0.138. The number of aromatic amines is 1. The van der Waals surface area contributed by atoms with Crippen LogP contribution in [0.25, 0.3) is 5.69 Å². The zero-order valence-corrected chi connectivity index (χ0v) is 9.68. The minimum Gasteiger partial charge on any atom is -0.381 e. The topological polar surface area (TPSA) is 75.8 Å². The molecule has 4 N–H and O–H groups in total. The van der Waals surface area contributed by atoms with Crippen LogP contribution in [0.3, 0.4) is 0 Å². The Morgan fingerprint density at radius 3 is 2.65 bits per heavy atom. The molecule has 2 rings (SSSR count). The van der Waals surface area contributed by atoms with Crippen LogP contribution in [0.1, 0.15) is 6.92 Å². The molecule has 0 saturated heterocycles. The van der Waals surface area contributed by atoms with Crippen molar-refractivity contribution in [3.05, 3.63) is 47.1 Å². The lowest BCUT2D eigenvalue weighted by molar-refractivity contribution is 0.804. The summed E-state index contributed by atoms with van der Waals surface area (Å²) in [6.07, 6.45) is 3.32. The number of anilines is 1. The molecule has 0 aliphatic heterocycles. The Bertz CT molecular complexity index is 526. The van der Waals surface area contributed by atoms with E-state index in [1.807, 2.05) is 31.2 Å². The molecule has 1 heterocycles. The van der Waals surface area contributed by atoms with Gasteiger partial charge in [0.1, 0.15) is 0 Å². The van der Waals surface area contributed by atoms with E-state index in [0.717, 1.165) is 11.4 Å². The molecule has 1 unspecified atom stereocenters. The van der Waals surface area contributed by atoms with Crippen molar-refractivity contribution >= 4 is 5.69 Å². The number of nitrogens with one attached hydrogen (secondary N) is 2. The molecular weight excluding hydrogens is 216 g/mol. The summed E-state index contributed by atoms with van der Waals surface area (Å²) in [6.45, 7) is 2.60. The van der Waals surface area contributed by atoms with E-state index in [0.29, 0.717) is 6.54 Å². The van der Waals surface area contributed by atoms with Gasteiger partial charge in [0.2, 0.25) is 0 Å². The van der Waals surface area contributed by atoms with Crippen molar-refractivity contribution in [2.75, 3.05) is 11.9 Å². The third kappa shape index (κ3) is 2.57. The summed E-state index contributed by atoms with van der Waals surface area (Å²) in [5.74, 6) is 0. The zero-order valence-electron chi connectivity index (χ0n) is 9.68. The van der Waals surface area contributed by atoms with Gasteiger partial charge in [0.25, 0.3) is 0 Å². The number of hydrogen-bond acceptors (Lipinski definition) is 3.